The molecule has 6 atom stereocenters. The topological polar surface area (TPSA) is 225 Å². The quantitative estimate of drug-likeness (QED) is 0.113. The first-order valence-corrected chi connectivity index (χ1v) is 28.1. The van der Waals surface area contributed by atoms with Gasteiger partial charge in [0.15, 0.2) is 23.1 Å². The van der Waals surface area contributed by atoms with Gasteiger partial charge >= 0.3 is 0 Å². The molecule has 5 rings (SSSR count). The molecule has 0 aliphatic carbocycles. The Labute approximate surface area is 451 Å². The highest BCUT2D eigenvalue weighted by Gasteiger charge is 2.47. The molecule has 3 fully saturated rings. The molecule has 2 N–H and O–H groups in total. The van der Waals surface area contributed by atoms with Crippen molar-refractivity contribution < 1.29 is 52.7 Å². The maximum atomic E-state index is 13.4. The van der Waals surface area contributed by atoms with E-state index in [1.54, 1.807) is 94.7 Å². The van der Waals surface area contributed by atoms with Gasteiger partial charge in [-0.2, -0.15) is 0 Å². The lowest BCUT2D eigenvalue weighted by atomic mass is 9.87. The smallest absolute Gasteiger partial charge is 0.249 e. The normalized spacial score (nSPS) is 19.0. The molecule has 0 radical (unpaired) electrons. The number of carbonyl (C=O) groups is 11. The van der Waals surface area contributed by atoms with Gasteiger partial charge in [0.25, 0.3) is 0 Å². The standard InChI is InChI=1S/C30H43N3O5S2.C26H35N3O6/c1-5-11-22(18-25(35)23-19-30(20-33(23)4)39-16-9-10-17-40-30)28(37)24(34)14-15-26(36)31-27(29(38)32(2)3)21-12-7-6-8-13-21;1-5-9-18(14-22(32)20-15-19(30)16-29(20)4)25(34)21(31)12-13-23(33)27-24(26(35)28(2)3)17-10-7-6-8-11-17/h6-8,12-13,22-23,27H,5,9-11,14-20H2,1-4H3,(H,31,36);6-8,10-11,18,20,24H,5,9,12-16H2,1-4H3,(H,27,33)/t22?,23?,27-;18?,20-,24-/m00/s1. The number of likely N-dealkylation sites (tertiary alicyclic amines) is 2. The van der Waals surface area contributed by atoms with Crippen molar-refractivity contribution in [2.24, 2.45) is 11.8 Å². The number of nitrogens with zero attached hydrogens (tertiary/aromatic N) is 4. The molecule has 17 nitrogen and oxygen atoms in total. The highest BCUT2D eigenvalue weighted by Crippen LogP contribution is 2.49. The van der Waals surface area contributed by atoms with Crippen LogP contribution in [0.5, 0.6) is 0 Å². The molecule has 0 bridgehead atoms. The van der Waals surface area contributed by atoms with Gasteiger partial charge < -0.3 is 20.4 Å². The summed E-state index contributed by atoms with van der Waals surface area (Å²) in [6.07, 6.45) is 4.38. The minimum Gasteiger partial charge on any atom is -0.347 e. The van der Waals surface area contributed by atoms with Crippen LogP contribution in [0.25, 0.3) is 0 Å². The van der Waals surface area contributed by atoms with Crippen LogP contribution >= 0.6 is 23.5 Å². The first-order valence-electron chi connectivity index (χ1n) is 26.1. The van der Waals surface area contributed by atoms with Crippen molar-refractivity contribution >= 4 is 87.6 Å². The third-order valence-corrected chi connectivity index (χ3v) is 17.1. The largest absolute Gasteiger partial charge is 0.347 e. The van der Waals surface area contributed by atoms with E-state index in [2.05, 4.69) is 15.5 Å². The minimum atomic E-state index is -0.902. The SMILES string of the molecule is CCCC(CC(=O)C1CC2(CN1C)SCCCCS2)C(=O)C(=O)CCC(=O)N[C@H](C(=O)N(C)C)c1ccccc1.CCCC(CC(=O)[C@@H]1CC(=O)CN1C)C(=O)C(=O)CCC(=O)N[C@H](C(=O)N(C)C)c1ccccc1. The molecule has 3 unspecified atom stereocenters. The highest BCUT2D eigenvalue weighted by molar-refractivity contribution is 8.18. The molecule has 2 aromatic carbocycles. The number of carbonyl (C=O) groups excluding carboxylic acids is 11. The van der Waals surface area contributed by atoms with Crippen LogP contribution in [0.3, 0.4) is 0 Å². The second-order valence-electron chi connectivity index (χ2n) is 20.3. The maximum Gasteiger partial charge on any atom is 0.249 e. The molecule has 2 aromatic rings. The maximum absolute atomic E-state index is 13.4. The zero-order chi connectivity index (χ0) is 55.4. The fourth-order valence-corrected chi connectivity index (χ4v) is 13.0. The Morgan fingerprint density at radius 3 is 1.40 bits per heavy atom. The van der Waals surface area contributed by atoms with Gasteiger partial charge in [0.2, 0.25) is 35.2 Å². The van der Waals surface area contributed by atoms with E-state index in [1.807, 2.05) is 50.5 Å². The van der Waals surface area contributed by atoms with Crippen LogP contribution < -0.4 is 10.6 Å². The Morgan fingerprint density at radius 2 is 1.03 bits per heavy atom. The number of hydrogen-bond donors (Lipinski definition) is 2. The Balaban J connectivity index is 0.000000328. The number of rotatable bonds is 26. The lowest BCUT2D eigenvalue weighted by Gasteiger charge is -2.25. The molecule has 1 spiro atoms. The molecule has 3 aliphatic rings. The van der Waals surface area contributed by atoms with E-state index in [-0.39, 0.29) is 90.8 Å². The van der Waals surface area contributed by atoms with E-state index in [1.165, 1.54) is 22.6 Å². The third-order valence-electron chi connectivity index (χ3n) is 13.8. The molecule has 4 amide bonds. The van der Waals surface area contributed by atoms with Crippen molar-refractivity contribution in [3.05, 3.63) is 71.8 Å². The number of thioether (sulfide) groups is 2. The average Bonchev–Trinajstić information content (AvgIpc) is 3.81. The Hall–Kier alpha value is -5.37. The third kappa shape index (κ3) is 18.7. The minimum absolute atomic E-state index is 0.0205. The molecular formula is C56H78N6O11S2. The van der Waals surface area contributed by atoms with Gasteiger partial charge in [0.1, 0.15) is 17.9 Å². The van der Waals surface area contributed by atoms with Gasteiger partial charge in [-0.3, -0.25) is 62.5 Å². The van der Waals surface area contributed by atoms with E-state index < -0.39 is 64.9 Å². The molecule has 75 heavy (non-hydrogen) atoms. The highest BCUT2D eigenvalue weighted by atomic mass is 32.2. The van der Waals surface area contributed by atoms with Crippen molar-refractivity contribution in [1.29, 1.82) is 0 Å². The fraction of sp³-hybridized carbons (Fsp3) is 0.589. The lowest BCUT2D eigenvalue weighted by Crippen LogP contribution is -2.40. The van der Waals surface area contributed by atoms with Crippen LogP contribution in [0.4, 0.5) is 0 Å². The van der Waals surface area contributed by atoms with Gasteiger partial charge in [-0.15, -0.1) is 23.5 Å². The number of amides is 4. The van der Waals surface area contributed by atoms with E-state index in [9.17, 15) is 52.7 Å². The summed E-state index contributed by atoms with van der Waals surface area (Å²) in [5.41, 5.74) is 1.25. The molecule has 3 aliphatic heterocycles. The summed E-state index contributed by atoms with van der Waals surface area (Å²) in [6, 6.07) is 15.1. The van der Waals surface area contributed by atoms with Crippen LogP contribution in [0.1, 0.15) is 127 Å². The van der Waals surface area contributed by atoms with Crippen LogP contribution in [-0.4, -0.2) is 167 Å². The van der Waals surface area contributed by atoms with Gasteiger partial charge in [-0.05, 0) is 68.8 Å². The number of ketones is 7. The molecule has 3 heterocycles. The average molecular weight is 1080 g/mol. The zero-order valence-corrected chi connectivity index (χ0v) is 46.7. The predicted octanol–water partition coefficient (Wildman–Crippen LogP) is 5.39. The molecule has 3 saturated heterocycles. The molecular weight excluding hydrogens is 997 g/mol. The summed E-state index contributed by atoms with van der Waals surface area (Å²) in [5, 5.41) is 5.37. The van der Waals surface area contributed by atoms with E-state index in [4.69, 9.17) is 0 Å². The monoisotopic (exact) mass is 1070 g/mol. The number of benzene rings is 2. The van der Waals surface area contributed by atoms with Gasteiger partial charge in [-0.1, -0.05) is 87.4 Å². The van der Waals surface area contributed by atoms with E-state index >= 15 is 0 Å². The summed E-state index contributed by atoms with van der Waals surface area (Å²) in [5.74, 6) is -3.62. The molecule has 0 aromatic heterocycles. The van der Waals surface area contributed by atoms with Crippen molar-refractivity contribution in [3.8, 4) is 0 Å². The van der Waals surface area contributed by atoms with Crippen LogP contribution in [-0.2, 0) is 52.7 Å². The Bertz CT molecular complexity index is 2340. The molecule has 19 heteroatoms. The zero-order valence-electron chi connectivity index (χ0n) is 45.1. The van der Waals surface area contributed by atoms with Gasteiger partial charge in [-0.25, -0.2) is 0 Å². The number of nitrogens with one attached hydrogen (secondary N) is 2. The second kappa shape index (κ2) is 30.4. The van der Waals surface area contributed by atoms with Crippen molar-refractivity contribution in [3.63, 3.8) is 0 Å². The van der Waals surface area contributed by atoms with Crippen molar-refractivity contribution in [2.45, 2.75) is 132 Å². The summed E-state index contributed by atoms with van der Waals surface area (Å²) in [4.78, 5) is 146. The fourth-order valence-electron chi connectivity index (χ4n) is 9.63. The van der Waals surface area contributed by atoms with Crippen LogP contribution in [0.15, 0.2) is 60.7 Å². The Morgan fingerprint density at radius 1 is 0.613 bits per heavy atom. The van der Waals surface area contributed by atoms with E-state index in [0.717, 1.165) is 24.5 Å². The lowest BCUT2D eigenvalue weighted by molar-refractivity contribution is -0.141. The van der Waals surface area contributed by atoms with Gasteiger partial charge in [0, 0.05) is 91.5 Å². The van der Waals surface area contributed by atoms with Crippen molar-refractivity contribution in [1.82, 2.24) is 30.2 Å². The van der Waals surface area contributed by atoms with Crippen molar-refractivity contribution in [2.75, 3.05) is 66.9 Å². The summed E-state index contributed by atoms with van der Waals surface area (Å²) in [7, 11) is 10.1. The predicted molar refractivity (Wildman–Crippen MR) is 291 cm³/mol. The summed E-state index contributed by atoms with van der Waals surface area (Å²) >= 11 is 3.92. The van der Waals surface area contributed by atoms with Crippen LogP contribution in [0, 0.1) is 11.8 Å². The number of Topliss-reactive ketones (excluding diaryl/α,β-unsaturated/α-hetero) is 7. The van der Waals surface area contributed by atoms with E-state index in [0.29, 0.717) is 36.8 Å². The summed E-state index contributed by atoms with van der Waals surface area (Å²) in [6.45, 7) is 4.85. The number of likely N-dealkylation sites (N-methyl/N-ethyl adjacent to an activating group) is 4. The first-order chi connectivity index (χ1) is 35.6. The Kier molecular flexibility index (Phi) is 25.2. The molecule has 410 valence electrons. The summed E-state index contributed by atoms with van der Waals surface area (Å²) < 4.78 is 0.0323. The number of hydrogen-bond acceptors (Lipinski definition) is 15. The molecule has 0 saturated carbocycles. The second-order valence-corrected chi connectivity index (χ2v) is 23.5. The van der Waals surface area contributed by atoms with Crippen LogP contribution in [0.2, 0.25) is 0 Å². The first kappa shape index (κ1) is 62.2. The van der Waals surface area contributed by atoms with Gasteiger partial charge in [0.05, 0.1) is 22.7 Å².